The van der Waals surface area contributed by atoms with Crippen LogP contribution in [0.1, 0.15) is 12.6 Å². The van der Waals surface area contributed by atoms with E-state index in [1.54, 1.807) is 17.1 Å². The lowest BCUT2D eigenvalue weighted by Crippen LogP contribution is -2.22. The molecule has 0 aromatic carbocycles. The molecule has 0 saturated carbocycles. The predicted octanol–water partition coefficient (Wildman–Crippen LogP) is 1.80. The zero-order valence-electron chi connectivity index (χ0n) is 10.6. The number of thiazole rings is 1. The molecule has 0 aliphatic rings. The van der Waals surface area contributed by atoms with Gasteiger partial charge in [-0.05, 0) is 6.26 Å². The number of nitrogens with zero attached hydrogens (tertiary/aromatic N) is 1. The Kier molecular flexibility index (Phi) is 6.14. The van der Waals surface area contributed by atoms with Crippen LogP contribution < -0.4 is 5.32 Å². The van der Waals surface area contributed by atoms with Crippen molar-refractivity contribution < 1.29 is 14.3 Å². The van der Waals surface area contributed by atoms with E-state index >= 15 is 0 Å². The number of nitrogens with one attached hydrogen (secondary N) is 1. The Morgan fingerprint density at radius 1 is 1.61 bits per heavy atom. The number of thioether (sulfide) groups is 1. The van der Waals surface area contributed by atoms with Crippen LogP contribution >= 0.6 is 23.1 Å². The molecule has 0 fully saturated rings. The van der Waals surface area contributed by atoms with E-state index in [0.717, 1.165) is 5.75 Å². The fraction of sp³-hybridized carbons (Fsp3) is 0.545. The summed E-state index contributed by atoms with van der Waals surface area (Å²) in [6, 6.07) is 0. The van der Waals surface area contributed by atoms with Crippen molar-refractivity contribution in [1.82, 2.24) is 4.98 Å². The van der Waals surface area contributed by atoms with Gasteiger partial charge in [-0.2, -0.15) is 11.8 Å². The summed E-state index contributed by atoms with van der Waals surface area (Å²) in [5, 5.41) is 5.00. The fourth-order valence-corrected chi connectivity index (χ4v) is 2.58. The van der Waals surface area contributed by atoms with E-state index in [2.05, 4.69) is 15.0 Å². The first-order valence-electron chi connectivity index (χ1n) is 5.37. The van der Waals surface area contributed by atoms with Gasteiger partial charge in [0.1, 0.15) is 0 Å². The monoisotopic (exact) mass is 288 g/mol. The molecule has 1 amide bonds. The Hall–Kier alpha value is -1.08. The van der Waals surface area contributed by atoms with Crippen molar-refractivity contribution in [3.05, 3.63) is 11.1 Å². The third-order valence-corrected chi connectivity index (χ3v) is 3.84. The lowest BCUT2D eigenvalue weighted by atomic mass is 10.2. The number of carbonyl (C=O) groups excluding carboxylic acids is 2. The summed E-state index contributed by atoms with van der Waals surface area (Å²) in [5.41, 5.74) is 0.611. The number of anilines is 1. The van der Waals surface area contributed by atoms with Gasteiger partial charge in [0, 0.05) is 17.1 Å². The molecule has 0 spiro atoms. The second-order valence-electron chi connectivity index (χ2n) is 3.74. The number of hydrogen-bond acceptors (Lipinski definition) is 6. The van der Waals surface area contributed by atoms with Crippen LogP contribution in [0, 0.1) is 5.92 Å². The molecule has 1 N–H and O–H groups in total. The maximum absolute atomic E-state index is 11.7. The van der Waals surface area contributed by atoms with Gasteiger partial charge in [0.15, 0.2) is 5.13 Å². The number of amides is 1. The number of hydrogen-bond donors (Lipinski definition) is 1. The quantitative estimate of drug-likeness (QED) is 0.808. The van der Waals surface area contributed by atoms with Gasteiger partial charge in [0.2, 0.25) is 5.91 Å². The number of methoxy groups -OCH3 is 1. The summed E-state index contributed by atoms with van der Waals surface area (Å²) in [6.07, 6.45) is 2.09. The Morgan fingerprint density at radius 3 is 2.94 bits per heavy atom. The van der Waals surface area contributed by atoms with Crippen LogP contribution in [0.15, 0.2) is 5.38 Å². The maximum atomic E-state index is 11.7. The average molecular weight is 288 g/mol. The topological polar surface area (TPSA) is 68.3 Å². The molecule has 100 valence electrons. The highest BCUT2D eigenvalue weighted by atomic mass is 32.2. The number of ether oxygens (including phenoxy) is 1. The highest BCUT2D eigenvalue weighted by Crippen LogP contribution is 2.17. The summed E-state index contributed by atoms with van der Waals surface area (Å²) in [5.74, 6) is 0.317. The molecule has 18 heavy (non-hydrogen) atoms. The molecule has 5 nitrogen and oxygen atoms in total. The average Bonchev–Trinajstić information content (AvgIpc) is 2.76. The Bertz CT molecular complexity index is 420. The van der Waals surface area contributed by atoms with E-state index in [1.807, 2.05) is 13.2 Å². The normalized spacial score (nSPS) is 11.9. The standard InChI is InChI=1S/C11H16N2O3S2/c1-7(5-17-3)10(15)13-11-12-8(6-18-11)4-9(14)16-2/h6-7H,4-5H2,1-3H3,(H,12,13,15). The second kappa shape index (κ2) is 7.38. The van der Waals surface area contributed by atoms with E-state index in [-0.39, 0.29) is 24.2 Å². The van der Waals surface area contributed by atoms with Gasteiger partial charge in [0.05, 0.1) is 19.2 Å². The van der Waals surface area contributed by atoms with Crippen LogP contribution in [0.4, 0.5) is 5.13 Å². The first kappa shape index (κ1) is 15.0. The smallest absolute Gasteiger partial charge is 0.311 e. The SMILES string of the molecule is COC(=O)Cc1csc(NC(=O)C(C)CSC)n1. The third-order valence-electron chi connectivity index (χ3n) is 2.20. The van der Waals surface area contributed by atoms with E-state index in [0.29, 0.717) is 10.8 Å². The third kappa shape index (κ3) is 4.66. The minimum absolute atomic E-state index is 0.0525. The van der Waals surface area contributed by atoms with Crippen molar-refractivity contribution in [1.29, 1.82) is 0 Å². The summed E-state index contributed by atoms with van der Waals surface area (Å²) in [6.45, 7) is 1.87. The first-order chi connectivity index (χ1) is 8.56. The molecular formula is C11H16N2O3S2. The van der Waals surface area contributed by atoms with Crippen LogP contribution in [-0.2, 0) is 20.7 Å². The van der Waals surface area contributed by atoms with Crippen LogP contribution in [0.3, 0.4) is 0 Å². The van der Waals surface area contributed by atoms with Crippen LogP contribution in [0.25, 0.3) is 0 Å². The highest BCUT2D eigenvalue weighted by molar-refractivity contribution is 7.98. The van der Waals surface area contributed by atoms with Gasteiger partial charge < -0.3 is 10.1 Å². The van der Waals surface area contributed by atoms with Crippen molar-refractivity contribution in [2.75, 3.05) is 24.4 Å². The maximum Gasteiger partial charge on any atom is 0.311 e. The number of rotatable bonds is 6. The van der Waals surface area contributed by atoms with Crippen molar-refractivity contribution in [2.45, 2.75) is 13.3 Å². The van der Waals surface area contributed by atoms with E-state index in [1.165, 1.54) is 18.4 Å². The van der Waals surface area contributed by atoms with Crippen LogP contribution in [-0.4, -0.2) is 36.0 Å². The largest absolute Gasteiger partial charge is 0.469 e. The minimum Gasteiger partial charge on any atom is -0.469 e. The first-order valence-corrected chi connectivity index (χ1v) is 7.65. The van der Waals surface area contributed by atoms with E-state index < -0.39 is 0 Å². The van der Waals surface area contributed by atoms with Gasteiger partial charge in [-0.25, -0.2) is 4.98 Å². The predicted molar refractivity (Wildman–Crippen MR) is 74.0 cm³/mol. The van der Waals surface area contributed by atoms with Gasteiger partial charge in [-0.3, -0.25) is 9.59 Å². The molecule has 1 unspecified atom stereocenters. The number of aromatic nitrogens is 1. The van der Waals surface area contributed by atoms with Crippen molar-refractivity contribution in [3.8, 4) is 0 Å². The molecule has 1 aromatic rings. The Morgan fingerprint density at radius 2 is 2.33 bits per heavy atom. The van der Waals surface area contributed by atoms with Gasteiger partial charge in [-0.1, -0.05) is 6.92 Å². The van der Waals surface area contributed by atoms with Crippen LogP contribution in [0.5, 0.6) is 0 Å². The zero-order chi connectivity index (χ0) is 13.5. The molecule has 0 saturated heterocycles. The summed E-state index contributed by atoms with van der Waals surface area (Å²) in [4.78, 5) is 27.0. The molecule has 1 atom stereocenters. The van der Waals surface area contributed by atoms with Gasteiger partial charge in [0.25, 0.3) is 0 Å². The zero-order valence-corrected chi connectivity index (χ0v) is 12.2. The molecule has 1 aromatic heterocycles. The van der Waals surface area contributed by atoms with Crippen molar-refractivity contribution in [3.63, 3.8) is 0 Å². The molecule has 0 aliphatic carbocycles. The number of carbonyl (C=O) groups is 2. The van der Waals surface area contributed by atoms with E-state index in [4.69, 9.17) is 0 Å². The Labute approximate surface area is 114 Å². The lowest BCUT2D eigenvalue weighted by molar-refractivity contribution is -0.139. The lowest BCUT2D eigenvalue weighted by Gasteiger charge is -2.08. The molecule has 1 heterocycles. The van der Waals surface area contributed by atoms with Crippen LogP contribution in [0.2, 0.25) is 0 Å². The summed E-state index contributed by atoms with van der Waals surface area (Å²) >= 11 is 2.93. The molecule has 1 rings (SSSR count). The molecule has 7 heteroatoms. The minimum atomic E-state index is -0.339. The van der Waals surface area contributed by atoms with E-state index in [9.17, 15) is 9.59 Å². The number of esters is 1. The molecule has 0 radical (unpaired) electrons. The second-order valence-corrected chi connectivity index (χ2v) is 5.51. The molecular weight excluding hydrogens is 272 g/mol. The van der Waals surface area contributed by atoms with Gasteiger partial charge in [-0.15, -0.1) is 11.3 Å². The highest BCUT2D eigenvalue weighted by Gasteiger charge is 2.14. The summed E-state index contributed by atoms with van der Waals surface area (Å²) < 4.78 is 4.55. The van der Waals surface area contributed by atoms with Crippen molar-refractivity contribution >= 4 is 40.1 Å². The molecule has 0 aliphatic heterocycles. The summed E-state index contributed by atoms with van der Waals surface area (Å²) in [7, 11) is 1.33. The molecule has 0 bridgehead atoms. The van der Waals surface area contributed by atoms with Gasteiger partial charge >= 0.3 is 5.97 Å². The van der Waals surface area contributed by atoms with Crippen molar-refractivity contribution in [2.24, 2.45) is 5.92 Å². The fourth-order valence-electron chi connectivity index (χ4n) is 1.22. The Balaban J connectivity index is 2.53.